The van der Waals surface area contributed by atoms with Gasteiger partial charge in [0.05, 0.1) is 11.1 Å². The number of carbonyl (C=O) groups is 3. The lowest BCUT2D eigenvalue weighted by molar-refractivity contribution is -0.167. The molecule has 6 heteroatoms. The van der Waals surface area contributed by atoms with E-state index >= 15 is 0 Å². The molecule has 2 aromatic rings. The number of rotatable bonds is 2. The monoisotopic (exact) mass is 339 g/mol. The number of fused-ring (bicyclic) bond motifs is 2. The molecular formula is C18H13NO4S. The molecule has 0 saturated heterocycles. The van der Waals surface area contributed by atoms with Gasteiger partial charge >= 0.3 is 5.97 Å². The van der Waals surface area contributed by atoms with Crippen LogP contribution in [0.4, 0.5) is 0 Å². The molecule has 2 aliphatic rings. The van der Waals surface area contributed by atoms with Crippen LogP contribution in [-0.2, 0) is 16.1 Å². The predicted molar refractivity (Wildman–Crippen MR) is 87.6 cm³/mol. The molecular weight excluding hydrogens is 326 g/mol. The predicted octanol–water partition coefficient (Wildman–Crippen LogP) is 2.77. The van der Waals surface area contributed by atoms with Crippen LogP contribution in [0.1, 0.15) is 31.8 Å². The van der Waals surface area contributed by atoms with Crippen molar-refractivity contribution in [2.24, 2.45) is 0 Å². The Bertz CT molecular complexity index is 857. The van der Waals surface area contributed by atoms with Gasteiger partial charge in [-0.2, -0.15) is 0 Å². The number of imide groups is 1. The number of nitrogens with zero attached hydrogens (tertiary/aromatic N) is 1. The number of carbonyl (C=O) groups excluding carboxylic acids is 3. The van der Waals surface area contributed by atoms with E-state index in [-0.39, 0.29) is 11.1 Å². The molecule has 2 heterocycles. The third-order valence-corrected chi connectivity index (χ3v) is 5.39. The van der Waals surface area contributed by atoms with E-state index in [0.717, 1.165) is 16.0 Å². The maximum Gasteiger partial charge on any atom is 0.346 e. The van der Waals surface area contributed by atoms with Crippen molar-refractivity contribution in [3.8, 4) is 0 Å². The van der Waals surface area contributed by atoms with Gasteiger partial charge < -0.3 is 4.84 Å². The van der Waals surface area contributed by atoms with Gasteiger partial charge in [-0.3, -0.25) is 9.59 Å². The zero-order chi connectivity index (χ0) is 16.8. The highest BCUT2D eigenvalue weighted by molar-refractivity contribution is 8.01. The smallest absolute Gasteiger partial charge is 0.328 e. The number of amides is 2. The summed E-state index contributed by atoms with van der Waals surface area (Å²) in [5.74, 6) is -1.77. The summed E-state index contributed by atoms with van der Waals surface area (Å²) in [7, 11) is 0. The first kappa shape index (κ1) is 15.0. The van der Waals surface area contributed by atoms with E-state index in [2.05, 4.69) is 0 Å². The summed E-state index contributed by atoms with van der Waals surface area (Å²) < 4.78 is 0. The molecule has 0 aromatic heterocycles. The fourth-order valence-electron chi connectivity index (χ4n) is 2.91. The topological polar surface area (TPSA) is 63.7 Å². The quantitative estimate of drug-likeness (QED) is 0.787. The van der Waals surface area contributed by atoms with Crippen LogP contribution >= 0.6 is 11.8 Å². The lowest BCUT2D eigenvalue weighted by Gasteiger charge is -2.15. The molecule has 2 aromatic carbocycles. The molecule has 0 fully saturated rings. The third kappa shape index (κ3) is 2.30. The number of thioether (sulfide) groups is 1. The van der Waals surface area contributed by atoms with E-state index < -0.39 is 23.0 Å². The highest BCUT2D eigenvalue weighted by atomic mass is 32.2. The molecule has 0 bridgehead atoms. The first-order chi connectivity index (χ1) is 11.5. The summed E-state index contributed by atoms with van der Waals surface area (Å²) in [6, 6.07) is 12.4. The number of hydrogen-bond donors (Lipinski definition) is 0. The van der Waals surface area contributed by atoms with E-state index in [1.807, 2.05) is 25.1 Å². The summed E-state index contributed by atoms with van der Waals surface area (Å²) in [6.07, 6.45) is 0.531. The Kier molecular flexibility index (Phi) is 3.42. The van der Waals surface area contributed by atoms with Crippen molar-refractivity contribution < 1.29 is 19.2 Å². The van der Waals surface area contributed by atoms with Gasteiger partial charge in [0.25, 0.3) is 11.8 Å². The maximum absolute atomic E-state index is 12.4. The summed E-state index contributed by atoms with van der Waals surface area (Å²) >= 11 is 1.40. The van der Waals surface area contributed by atoms with Crippen LogP contribution < -0.4 is 0 Å². The Hall–Kier alpha value is -2.60. The lowest BCUT2D eigenvalue weighted by Crippen LogP contribution is -2.36. The molecule has 1 unspecified atom stereocenters. The average molecular weight is 339 g/mol. The second-order valence-corrected chi connectivity index (χ2v) is 7.03. The number of benzene rings is 2. The van der Waals surface area contributed by atoms with Gasteiger partial charge in [-0.1, -0.05) is 34.9 Å². The fraction of sp³-hybridized carbons (Fsp3) is 0.167. The van der Waals surface area contributed by atoms with Crippen molar-refractivity contribution in [3.63, 3.8) is 0 Å². The second kappa shape index (κ2) is 5.49. The van der Waals surface area contributed by atoms with Gasteiger partial charge in [0.1, 0.15) is 5.25 Å². The third-order valence-electron chi connectivity index (χ3n) is 4.09. The van der Waals surface area contributed by atoms with Crippen LogP contribution in [0, 0.1) is 6.92 Å². The maximum atomic E-state index is 12.4. The Labute approximate surface area is 142 Å². The molecule has 24 heavy (non-hydrogen) atoms. The van der Waals surface area contributed by atoms with E-state index in [1.54, 1.807) is 24.3 Å². The minimum Gasteiger partial charge on any atom is -0.328 e. The van der Waals surface area contributed by atoms with Crippen molar-refractivity contribution in [2.45, 2.75) is 23.5 Å². The fourth-order valence-corrected chi connectivity index (χ4v) is 4.06. The zero-order valence-corrected chi connectivity index (χ0v) is 13.6. The van der Waals surface area contributed by atoms with Gasteiger partial charge in [-0.15, -0.1) is 11.8 Å². The normalized spacial score (nSPS) is 18.5. The van der Waals surface area contributed by atoms with Crippen LogP contribution in [0.5, 0.6) is 0 Å². The highest BCUT2D eigenvalue weighted by Gasteiger charge is 2.40. The first-order valence-corrected chi connectivity index (χ1v) is 8.38. The summed E-state index contributed by atoms with van der Waals surface area (Å²) in [5.41, 5.74) is 2.73. The Morgan fingerprint density at radius 2 is 1.79 bits per heavy atom. The van der Waals surface area contributed by atoms with Crippen LogP contribution in [0.15, 0.2) is 47.4 Å². The van der Waals surface area contributed by atoms with Crippen molar-refractivity contribution in [2.75, 3.05) is 0 Å². The largest absolute Gasteiger partial charge is 0.346 e. The van der Waals surface area contributed by atoms with E-state index in [4.69, 9.17) is 4.84 Å². The Morgan fingerprint density at radius 3 is 2.46 bits per heavy atom. The van der Waals surface area contributed by atoms with Gasteiger partial charge in [-0.25, -0.2) is 4.79 Å². The molecule has 2 amide bonds. The van der Waals surface area contributed by atoms with Crippen molar-refractivity contribution in [3.05, 3.63) is 64.7 Å². The second-order valence-electron chi connectivity index (χ2n) is 5.78. The Balaban J connectivity index is 1.50. The molecule has 0 aliphatic carbocycles. The molecule has 0 radical (unpaired) electrons. The number of hydroxylamine groups is 2. The molecule has 2 aliphatic heterocycles. The van der Waals surface area contributed by atoms with E-state index in [1.165, 1.54) is 11.8 Å². The summed E-state index contributed by atoms with van der Waals surface area (Å²) in [5, 5.41) is 0.119. The highest BCUT2D eigenvalue weighted by Crippen LogP contribution is 2.38. The summed E-state index contributed by atoms with van der Waals surface area (Å²) in [4.78, 5) is 43.1. The SMILES string of the molecule is Cc1ccc2c(c1)CC(C(=O)ON1C(=O)c3ccccc3C1=O)S2. The van der Waals surface area contributed by atoms with Crippen molar-refractivity contribution in [1.82, 2.24) is 5.06 Å². The average Bonchev–Trinajstić information content (AvgIpc) is 3.10. The Morgan fingerprint density at radius 1 is 1.12 bits per heavy atom. The molecule has 0 N–H and O–H groups in total. The molecule has 120 valence electrons. The van der Waals surface area contributed by atoms with Gasteiger partial charge in [0.15, 0.2) is 0 Å². The minimum absolute atomic E-state index is 0.258. The molecule has 1 atom stereocenters. The molecule has 4 rings (SSSR count). The van der Waals surface area contributed by atoms with Crippen LogP contribution in [-0.4, -0.2) is 28.1 Å². The number of hydrogen-bond acceptors (Lipinski definition) is 5. The van der Waals surface area contributed by atoms with Crippen molar-refractivity contribution >= 4 is 29.5 Å². The molecule has 5 nitrogen and oxygen atoms in total. The van der Waals surface area contributed by atoms with Crippen LogP contribution in [0.3, 0.4) is 0 Å². The van der Waals surface area contributed by atoms with Gasteiger partial charge in [0.2, 0.25) is 0 Å². The lowest BCUT2D eigenvalue weighted by atomic mass is 10.1. The standard InChI is InChI=1S/C18H13NO4S/c1-10-6-7-14-11(8-10)9-15(24-14)18(22)23-19-16(20)12-4-2-3-5-13(12)17(19)21/h2-8,15H,9H2,1H3. The first-order valence-electron chi connectivity index (χ1n) is 7.50. The zero-order valence-electron chi connectivity index (χ0n) is 12.8. The van der Waals surface area contributed by atoms with Gasteiger partial charge in [0, 0.05) is 4.90 Å². The van der Waals surface area contributed by atoms with E-state index in [9.17, 15) is 14.4 Å². The minimum atomic E-state index is -0.597. The summed E-state index contributed by atoms with van der Waals surface area (Å²) in [6.45, 7) is 2.00. The molecule has 0 spiro atoms. The number of aryl methyl sites for hydroxylation is 1. The van der Waals surface area contributed by atoms with Crippen molar-refractivity contribution in [1.29, 1.82) is 0 Å². The van der Waals surface area contributed by atoms with Crippen LogP contribution in [0.25, 0.3) is 0 Å². The van der Waals surface area contributed by atoms with E-state index in [0.29, 0.717) is 11.5 Å². The van der Waals surface area contributed by atoms with Crippen LogP contribution in [0.2, 0.25) is 0 Å². The molecule has 0 saturated carbocycles. The van der Waals surface area contributed by atoms with Gasteiger partial charge in [-0.05, 0) is 37.1 Å².